The fourth-order valence-electron chi connectivity index (χ4n) is 2.02. The van der Waals surface area contributed by atoms with E-state index in [1.807, 2.05) is 12.1 Å². The summed E-state index contributed by atoms with van der Waals surface area (Å²) in [4.78, 5) is 23.6. The largest absolute Gasteiger partial charge is 0.352 e. The third kappa shape index (κ3) is 5.10. The minimum absolute atomic E-state index is 0.0126. The normalized spacial score (nSPS) is 10.5. The Morgan fingerprint density at radius 1 is 1.09 bits per heavy atom. The van der Waals surface area contributed by atoms with Crippen molar-refractivity contribution in [3.05, 3.63) is 67.5 Å². The van der Waals surface area contributed by atoms with Crippen molar-refractivity contribution >= 4 is 37.8 Å². The molecular weight excluding hydrogens is 412 g/mol. The Kier molecular flexibility index (Phi) is 6.39. The highest BCUT2D eigenvalue weighted by atomic mass is 79.9. The summed E-state index contributed by atoms with van der Waals surface area (Å²) in [5.41, 5.74) is 0.624. The van der Waals surface area contributed by atoms with E-state index in [0.717, 1.165) is 21.8 Å². The lowest BCUT2D eigenvalue weighted by molar-refractivity contribution is 0.0953. The standard InChI is InChI=1S/C16H16Br2N2O2/c17-13-5-3-4-12(10-13)16(22)19-8-1-2-9-20-11-14(18)6-7-15(20)21/h3-7,10-11H,1-2,8-9H2,(H,19,22). The van der Waals surface area contributed by atoms with Crippen LogP contribution >= 0.6 is 31.9 Å². The second kappa shape index (κ2) is 8.29. The van der Waals surface area contributed by atoms with Crippen molar-refractivity contribution in [3.8, 4) is 0 Å². The summed E-state index contributed by atoms with van der Waals surface area (Å²) in [5.74, 6) is -0.0825. The van der Waals surface area contributed by atoms with E-state index < -0.39 is 0 Å². The molecule has 0 radical (unpaired) electrons. The van der Waals surface area contributed by atoms with Crippen LogP contribution in [0, 0.1) is 0 Å². The number of carbonyl (C=O) groups is 1. The first kappa shape index (κ1) is 17.0. The molecule has 116 valence electrons. The average Bonchev–Trinajstić information content (AvgIpc) is 2.50. The molecular formula is C16H16Br2N2O2. The van der Waals surface area contributed by atoms with Crippen molar-refractivity contribution in [2.24, 2.45) is 0 Å². The van der Waals surface area contributed by atoms with Crippen LogP contribution in [0.4, 0.5) is 0 Å². The van der Waals surface area contributed by atoms with Crippen molar-refractivity contribution in [3.63, 3.8) is 0 Å². The number of benzene rings is 1. The van der Waals surface area contributed by atoms with Gasteiger partial charge in [-0.3, -0.25) is 9.59 Å². The maximum absolute atomic E-state index is 11.9. The number of aryl methyl sites for hydroxylation is 1. The Balaban J connectivity index is 1.74. The summed E-state index contributed by atoms with van der Waals surface area (Å²) >= 11 is 6.69. The maximum Gasteiger partial charge on any atom is 0.251 e. The number of rotatable bonds is 6. The zero-order chi connectivity index (χ0) is 15.9. The molecule has 0 atom stereocenters. The van der Waals surface area contributed by atoms with Crippen LogP contribution < -0.4 is 10.9 Å². The highest BCUT2D eigenvalue weighted by Gasteiger charge is 2.04. The number of hydrogen-bond acceptors (Lipinski definition) is 2. The molecule has 0 spiro atoms. The van der Waals surface area contributed by atoms with Gasteiger partial charge in [-0.25, -0.2) is 0 Å². The van der Waals surface area contributed by atoms with E-state index in [-0.39, 0.29) is 11.5 Å². The van der Waals surface area contributed by atoms with Crippen LogP contribution in [0.3, 0.4) is 0 Å². The SMILES string of the molecule is O=C(NCCCCn1cc(Br)ccc1=O)c1cccc(Br)c1. The Labute approximate surface area is 145 Å². The van der Waals surface area contributed by atoms with E-state index in [0.29, 0.717) is 18.7 Å². The topological polar surface area (TPSA) is 51.1 Å². The third-order valence-electron chi connectivity index (χ3n) is 3.15. The highest BCUT2D eigenvalue weighted by Crippen LogP contribution is 2.11. The van der Waals surface area contributed by atoms with Crippen molar-refractivity contribution in [2.45, 2.75) is 19.4 Å². The number of halogens is 2. The minimum atomic E-state index is -0.0825. The maximum atomic E-state index is 11.9. The van der Waals surface area contributed by atoms with Gasteiger partial charge in [-0.05, 0) is 53.0 Å². The van der Waals surface area contributed by atoms with Crippen LogP contribution in [0.15, 0.2) is 56.3 Å². The lowest BCUT2D eigenvalue weighted by Crippen LogP contribution is -2.25. The molecule has 1 aromatic carbocycles. The van der Waals surface area contributed by atoms with Crippen LogP contribution in [-0.4, -0.2) is 17.0 Å². The summed E-state index contributed by atoms with van der Waals surface area (Å²) in [6.07, 6.45) is 3.43. The molecule has 1 N–H and O–H groups in total. The summed E-state index contributed by atoms with van der Waals surface area (Å²) < 4.78 is 3.43. The molecule has 0 saturated carbocycles. The molecule has 6 heteroatoms. The molecule has 2 aromatic rings. The minimum Gasteiger partial charge on any atom is -0.352 e. The Hall–Kier alpha value is -1.40. The van der Waals surface area contributed by atoms with E-state index in [1.165, 1.54) is 0 Å². The van der Waals surface area contributed by atoms with Gasteiger partial charge in [0.05, 0.1) is 0 Å². The van der Waals surface area contributed by atoms with Gasteiger partial charge in [-0.1, -0.05) is 22.0 Å². The summed E-state index contributed by atoms with van der Waals surface area (Å²) in [6.45, 7) is 1.24. The van der Waals surface area contributed by atoms with Crippen LogP contribution in [0.1, 0.15) is 23.2 Å². The number of unbranched alkanes of at least 4 members (excludes halogenated alkanes) is 1. The predicted molar refractivity (Wildman–Crippen MR) is 94.1 cm³/mol. The van der Waals surface area contributed by atoms with Crippen molar-refractivity contribution < 1.29 is 4.79 Å². The van der Waals surface area contributed by atoms with Gasteiger partial charge in [0.15, 0.2) is 0 Å². The molecule has 0 saturated heterocycles. The van der Waals surface area contributed by atoms with E-state index in [4.69, 9.17) is 0 Å². The van der Waals surface area contributed by atoms with Crippen LogP contribution in [0.25, 0.3) is 0 Å². The lowest BCUT2D eigenvalue weighted by atomic mass is 10.2. The summed E-state index contributed by atoms with van der Waals surface area (Å²) in [7, 11) is 0. The second-order valence-corrected chi connectivity index (χ2v) is 6.68. The van der Waals surface area contributed by atoms with Gasteiger partial charge >= 0.3 is 0 Å². The average molecular weight is 428 g/mol. The van der Waals surface area contributed by atoms with Gasteiger partial charge in [0.1, 0.15) is 0 Å². The van der Waals surface area contributed by atoms with Crippen LogP contribution in [0.2, 0.25) is 0 Å². The van der Waals surface area contributed by atoms with Gasteiger partial charge in [0, 0.05) is 39.9 Å². The third-order valence-corrected chi connectivity index (χ3v) is 4.11. The number of nitrogens with zero attached hydrogens (tertiary/aromatic N) is 1. The molecule has 0 aliphatic rings. The predicted octanol–water partition coefficient (Wildman–Crippen LogP) is 3.58. The molecule has 0 unspecified atom stereocenters. The summed E-state index contributed by atoms with van der Waals surface area (Å²) in [6, 6.07) is 10.6. The quantitative estimate of drug-likeness (QED) is 0.716. The first-order valence-corrected chi connectivity index (χ1v) is 8.54. The van der Waals surface area contributed by atoms with E-state index in [9.17, 15) is 9.59 Å². The molecule has 1 heterocycles. The van der Waals surface area contributed by atoms with Gasteiger partial charge in [0.2, 0.25) is 0 Å². The molecule has 1 aromatic heterocycles. The fourth-order valence-corrected chi connectivity index (χ4v) is 2.80. The van der Waals surface area contributed by atoms with Crippen LogP contribution in [0.5, 0.6) is 0 Å². The smallest absolute Gasteiger partial charge is 0.251 e. The molecule has 0 bridgehead atoms. The van der Waals surface area contributed by atoms with Crippen LogP contribution in [-0.2, 0) is 6.54 Å². The summed E-state index contributed by atoms with van der Waals surface area (Å²) in [5, 5.41) is 2.88. The van der Waals surface area contributed by atoms with E-state index in [2.05, 4.69) is 37.2 Å². The number of carbonyl (C=O) groups excluding carboxylic acids is 1. The molecule has 22 heavy (non-hydrogen) atoms. The van der Waals surface area contributed by atoms with Gasteiger partial charge in [-0.15, -0.1) is 0 Å². The molecule has 4 nitrogen and oxygen atoms in total. The molecule has 1 amide bonds. The van der Waals surface area contributed by atoms with Crippen molar-refractivity contribution in [1.29, 1.82) is 0 Å². The monoisotopic (exact) mass is 426 g/mol. The first-order valence-electron chi connectivity index (χ1n) is 6.96. The second-order valence-electron chi connectivity index (χ2n) is 4.85. The van der Waals surface area contributed by atoms with E-state index >= 15 is 0 Å². The number of pyridine rings is 1. The fraction of sp³-hybridized carbons (Fsp3) is 0.250. The van der Waals surface area contributed by atoms with E-state index in [1.54, 1.807) is 35.0 Å². The Morgan fingerprint density at radius 3 is 2.68 bits per heavy atom. The Bertz CT molecular complexity index is 713. The number of amides is 1. The highest BCUT2D eigenvalue weighted by molar-refractivity contribution is 9.10. The lowest BCUT2D eigenvalue weighted by Gasteiger charge is -2.07. The molecule has 0 aliphatic heterocycles. The van der Waals surface area contributed by atoms with Crippen molar-refractivity contribution in [2.75, 3.05) is 6.54 Å². The number of hydrogen-bond donors (Lipinski definition) is 1. The zero-order valence-corrected chi connectivity index (χ0v) is 15.1. The molecule has 2 rings (SSSR count). The number of aromatic nitrogens is 1. The molecule has 0 fully saturated rings. The first-order chi connectivity index (χ1) is 10.6. The van der Waals surface area contributed by atoms with Gasteiger partial charge in [0.25, 0.3) is 11.5 Å². The van der Waals surface area contributed by atoms with Gasteiger partial charge in [-0.2, -0.15) is 0 Å². The Morgan fingerprint density at radius 2 is 1.91 bits per heavy atom. The van der Waals surface area contributed by atoms with Gasteiger partial charge < -0.3 is 9.88 Å². The zero-order valence-electron chi connectivity index (χ0n) is 11.9. The van der Waals surface area contributed by atoms with Crippen molar-refractivity contribution in [1.82, 2.24) is 9.88 Å². The molecule has 0 aliphatic carbocycles. The number of nitrogens with one attached hydrogen (secondary N) is 1.